The summed E-state index contributed by atoms with van der Waals surface area (Å²) in [6, 6.07) is 10.6. The zero-order valence-corrected chi connectivity index (χ0v) is 11.8. The molecular weight excluding hydrogens is 236 g/mol. The minimum absolute atomic E-state index is 0.249. The molecule has 0 aliphatic heterocycles. The van der Waals surface area contributed by atoms with Gasteiger partial charge in [-0.05, 0) is 44.1 Å². The normalized spacial score (nSPS) is 23.5. The van der Waals surface area contributed by atoms with E-state index in [0.29, 0.717) is 11.7 Å². The second-order valence-corrected chi connectivity index (χ2v) is 5.38. The maximum Gasteiger partial charge on any atom is 0.136 e. The van der Waals surface area contributed by atoms with Crippen molar-refractivity contribution in [3.05, 3.63) is 35.9 Å². The first kappa shape index (κ1) is 14.3. The van der Waals surface area contributed by atoms with E-state index < -0.39 is 0 Å². The summed E-state index contributed by atoms with van der Waals surface area (Å²) in [5.41, 5.74) is 1.39. The van der Waals surface area contributed by atoms with E-state index in [9.17, 15) is 4.79 Å². The summed E-state index contributed by atoms with van der Waals surface area (Å²) in [6.07, 6.45) is 4.78. The Bertz CT molecular complexity index is 386. The third-order valence-corrected chi connectivity index (χ3v) is 4.08. The Labute approximate surface area is 116 Å². The molecule has 0 amide bonds. The maximum absolute atomic E-state index is 12.0. The zero-order valence-electron chi connectivity index (χ0n) is 11.8. The molecule has 1 saturated carbocycles. The van der Waals surface area contributed by atoms with E-state index in [-0.39, 0.29) is 5.92 Å². The molecule has 1 aromatic carbocycles. The van der Waals surface area contributed by atoms with Crippen LogP contribution in [-0.4, -0.2) is 19.0 Å². The van der Waals surface area contributed by atoms with Crippen molar-refractivity contribution in [2.75, 3.05) is 13.2 Å². The van der Waals surface area contributed by atoms with Crippen molar-refractivity contribution >= 4 is 5.78 Å². The third kappa shape index (κ3) is 4.17. The first-order chi connectivity index (χ1) is 9.31. The Balaban J connectivity index is 1.87. The highest BCUT2D eigenvalue weighted by molar-refractivity contribution is 5.82. The molecule has 0 radical (unpaired) electrons. The van der Waals surface area contributed by atoms with Gasteiger partial charge in [0.15, 0.2) is 0 Å². The van der Waals surface area contributed by atoms with Gasteiger partial charge < -0.3 is 4.74 Å². The number of hydrogen-bond donors (Lipinski definition) is 0. The number of rotatable bonds is 6. The molecule has 1 aromatic rings. The number of hydrogen-bond acceptors (Lipinski definition) is 2. The van der Waals surface area contributed by atoms with Crippen LogP contribution < -0.4 is 0 Å². The van der Waals surface area contributed by atoms with Crippen LogP contribution in [0.25, 0.3) is 0 Å². The van der Waals surface area contributed by atoms with Crippen LogP contribution in [0.3, 0.4) is 0 Å². The van der Waals surface area contributed by atoms with E-state index in [1.807, 2.05) is 6.92 Å². The van der Waals surface area contributed by atoms with Crippen LogP contribution in [0.5, 0.6) is 0 Å². The molecule has 104 valence electrons. The highest BCUT2D eigenvalue weighted by atomic mass is 16.5. The van der Waals surface area contributed by atoms with Crippen molar-refractivity contribution in [1.82, 2.24) is 0 Å². The lowest BCUT2D eigenvalue weighted by Crippen LogP contribution is -2.24. The summed E-state index contributed by atoms with van der Waals surface area (Å²) in [5.74, 6) is 1.28. The first-order valence-electron chi connectivity index (χ1n) is 7.46. The predicted molar refractivity (Wildman–Crippen MR) is 77.3 cm³/mol. The Morgan fingerprint density at radius 2 is 2.05 bits per heavy atom. The summed E-state index contributed by atoms with van der Waals surface area (Å²) in [6.45, 7) is 3.57. The quantitative estimate of drug-likeness (QED) is 0.724. The standard InChI is InChI=1S/C17H24O2/c1-2-19-12-6-9-16-13-15(10-11-17(16)18)14-7-4-3-5-8-14/h3-5,7-8,15-16H,2,6,9-13H2,1H3. The SMILES string of the molecule is CCOCCCC1CC(c2ccccc2)CCC1=O. The van der Waals surface area contributed by atoms with Gasteiger partial charge in [-0.3, -0.25) is 4.79 Å². The lowest BCUT2D eigenvalue weighted by molar-refractivity contribution is -0.125. The van der Waals surface area contributed by atoms with Crippen LogP contribution in [0, 0.1) is 5.92 Å². The van der Waals surface area contributed by atoms with Gasteiger partial charge in [-0.1, -0.05) is 30.3 Å². The van der Waals surface area contributed by atoms with Gasteiger partial charge in [0, 0.05) is 25.6 Å². The van der Waals surface area contributed by atoms with E-state index in [2.05, 4.69) is 30.3 Å². The highest BCUT2D eigenvalue weighted by Crippen LogP contribution is 2.36. The lowest BCUT2D eigenvalue weighted by Gasteiger charge is -2.28. The number of benzene rings is 1. The second kappa shape index (κ2) is 7.44. The first-order valence-corrected chi connectivity index (χ1v) is 7.46. The fourth-order valence-electron chi connectivity index (χ4n) is 3.00. The van der Waals surface area contributed by atoms with E-state index in [1.54, 1.807) is 0 Å². The van der Waals surface area contributed by atoms with Gasteiger partial charge in [0.2, 0.25) is 0 Å². The number of Topliss-reactive ketones (excluding diaryl/α,β-unsaturated/α-hetero) is 1. The largest absolute Gasteiger partial charge is 0.382 e. The van der Waals surface area contributed by atoms with Gasteiger partial charge in [-0.25, -0.2) is 0 Å². The van der Waals surface area contributed by atoms with Crippen LogP contribution in [0.1, 0.15) is 50.5 Å². The minimum Gasteiger partial charge on any atom is -0.382 e. The zero-order chi connectivity index (χ0) is 13.5. The molecular formula is C17H24O2. The van der Waals surface area contributed by atoms with Crippen molar-refractivity contribution < 1.29 is 9.53 Å². The van der Waals surface area contributed by atoms with E-state index in [1.165, 1.54) is 5.56 Å². The number of ketones is 1. The molecule has 0 saturated heterocycles. The Hall–Kier alpha value is -1.15. The summed E-state index contributed by atoms with van der Waals surface area (Å²) in [5, 5.41) is 0. The maximum atomic E-state index is 12.0. The smallest absolute Gasteiger partial charge is 0.136 e. The van der Waals surface area contributed by atoms with E-state index in [4.69, 9.17) is 4.74 Å². The summed E-state index contributed by atoms with van der Waals surface area (Å²) in [4.78, 5) is 12.0. The molecule has 2 nitrogen and oxygen atoms in total. The molecule has 2 unspecified atom stereocenters. The molecule has 1 aliphatic rings. The molecule has 0 heterocycles. The molecule has 2 heteroatoms. The molecule has 0 bridgehead atoms. The molecule has 0 N–H and O–H groups in total. The fraction of sp³-hybridized carbons (Fsp3) is 0.588. The molecule has 1 fully saturated rings. The van der Waals surface area contributed by atoms with Crippen molar-refractivity contribution in [2.24, 2.45) is 5.92 Å². The monoisotopic (exact) mass is 260 g/mol. The van der Waals surface area contributed by atoms with Gasteiger partial charge in [0.05, 0.1) is 0 Å². The van der Waals surface area contributed by atoms with Crippen LogP contribution >= 0.6 is 0 Å². The van der Waals surface area contributed by atoms with Gasteiger partial charge in [-0.15, -0.1) is 0 Å². The summed E-state index contributed by atoms with van der Waals surface area (Å²) < 4.78 is 5.36. The lowest BCUT2D eigenvalue weighted by atomic mass is 9.75. The highest BCUT2D eigenvalue weighted by Gasteiger charge is 2.28. The van der Waals surface area contributed by atoms with Crippen molar-refractivity contribution in [1.29, 1.82) is 0 Å². The van der Waals surface area contributed by atoms with Crippen molar-refractivity contribution in [3.8, 4) is 0 Å². The van der Waals surface area contributed by atoms with E-state index in [0.717, 1.165) is 45.3 Å². The number of carbonyl (C=O) groups is 1. The topological polar surface area (TPSA) is 26.3 Å². The third-order valence-electron chi connectivity index (χ3n) is 4.08. The predicted octanol–water partition coefficient (Wildman–Crippen LogP) is 3.96. The Kier molecular flexibility index (Phi) is 5.59. The minimum atomic E-state index is 0.249. The van der Waals surface area contributed by atoms with Gasteiger partial charge in [-0.2, -0.15) is 0 Å². The number of ether oxygens (including phenoxy) is 1. The Morgan fingerprint density at radius 1 is 1.26 bits per heavy atom. The summed E-state index contributed by atoms with van der Waals surface area (Å²) >= 11 is 0. The molecule has 0 aromatic heterocycles. The molecule has 0 spiro atoms. The van der Waals surface area contributed by atoms with Crippen LogP contribution in [0.2, 0.25) is 0 Å². The second-order valence-electron chi connectivity index (χ2n) is 5.38. The van der Waals surface area contributed by atoms with Crippen molar-refractivity contribution in [3.63, 3.8) is 0 Å². The van der Waals surface area contributed by atoms with Crippen LogP contribution in [0.4, 0.5) is 0 Å². The Morgan fingerprint density at radius 3 is 2.79 bits per heavy atom. The van der Waals surface area contributed by atoms with Gasteiger partial charge in [0.25, 0.3) is 0 Å². The molecule has 1 aliphatic carbocycles. The van der Waals surface area contributed by atoms with E-state index >= 15 is 0 Å². The summed E-state index contributed by atoms with van der Waals surface area (Å²) in [7, 11) is 0. The van der Waals surface area contributed by atoms with Gasteiger partial charge in [0.1, 0.15) is 5.78 Å². The molecule has 2 rings (SSSR count). The average molecular weight is 260 g/mol. The average Bonchev–Trinajstić information content (AvgIpc) is 2.46. The van der Waals surface area contributed by atoms with Crippen LogP contribution in [0.15, 0.2) is 30.3 Å². The van der Waals surface area contributed by atoms with Crippen LogP contribution in [-0.2, 0) is 9.53 Å². The van der Waals surface area contributed by atoms with Crippen molar-refractivity contribution in [2.45, 2.75) is 44.9 Å². The molecule has 2 atom stereocenters. The number of carbonyl (C=O) groups excluding carboxylic acids is 1. The fourth-order valence-corrected chi connectivity index (χ4v) is 3.00. The molecule has 19 heavy (non-hydrogen) atoms. The van der Waals surface area contributed by atoms with Gasteiger partial charge >= 0.3 is 0 Å².